The number of carbonyl (C=O) groups excluding carboxylic acids is 1. The molecule has 8 heteroatoms. The van der Waals surface area contributed by atoms with Gasteiger partial charge in [-0.3, -0.25) is 4.79 Å². The maximum Gasteiger partial charge on any atom is 0.292 e. The number of nitrogens with one attached hydrogen (secondary N) is 1. The molecular formula is C22H15ClN4O3. The van der Waals surface area contributed by atoms with Crippen molar-refractivity contribution in [3.8, 4) is 17.5 Å². The Bertz CT molecular complexity index is 1220. The maximum atomic E-state index is 12.7. The van der Waals surface area contributed by atoms with Crippen molar-refractivity contribution >= 4 is 23.3 Å². The summed E-state index contributed by atoms with van der Waals surface area (Å²) >= 11 is 5.94. The lowest BCUT2D eigenvalue weighted by Gasteiger charge is -2.08. The van der Waals surface area contributed by atoms with Crippen LogP contribution in [0.2, 0.25) is 5.02 Å². The van der Waals surface area contributed by atoms with Gasteiger partial charge in [0, 0.05) is 5.02 Å². The van der Waals surface area contributed by atoms with Gasteiger partial charge in [-0.25, -0.2) is 4.68 Å². The summed E-state index contributed by atoms with van der Waals surface area (Å²) in [6.07, 6.45) is 1.40. The lowest BCUT2D eigenvalue weighted by Crippen LogP contribution is -2.15. The first-order chi connectivity index (χ1) is 14.6. The monoisotopic (exact) mass is 418 g/mol. The zero-order valence-corrected chi connectivity index (χ0v) is 16.3. The number of hydrogen-bond donors (Lipinski definition) is 1. The molecule has 2 aromatic carbocycles. The summed E-state index contributed by atoms with van der Waals surface area (Å²) in [4.78, 5) is 12.7. The Hall–Kier alpha value is -4.02. The summed E-state index contributed by atoms with van der Waals surface area (Å²) in [5.74, 6) is 0.914. The number of anilines is 1. The first-order valence-corrected chi connectivity index (χ1v) is 9.34. The molecule has 0 unspecified atom stereocenters. The average molecular weight is 419 g/mol. The highest BCUT2D eigenvalue weighted by Crippen LogP contribution is 2.22. The maximum absolute atomic E-state index is 12.7. The molecule has 2 aromatic heterocycles. The zero-order valence-electron chi connectivity index (χ0n) is 15.6. The summed E-state index contributed by atoms with van der Waals surface area (Å²) < 4.78 is 12.7. The molecule has 0 aliphatic heterocycles. The summed E-state index contributed by atoms with van der Waals surface area (Å²) in [5, 5.41) is 16.8. The van der Waals surface area contributed by atoms with Crippen LogP contribution in [0.1, 0.15) is 21.9 Å². The Labute approximate surface area is 177 Å². The van der Waals surface area contributed by atoms with Crippen molar-refractivity contribution in [2.24, 2.45) is 0 Å². The van der Waals surface area contributed by atoms with Crippen molar-refractivity contribution in [2.45, 2.75) is 6.61 Å². The second-order valence-electron chi connectivity index (χ2n) is 6.23. The summed E-state index contributed by atoms with van der Waals surface area (Å²) in [7, 11) is 0. The molecule has 0 fully saturated rings. The average Bonchev–Trinajstić information content (AvgIpc) is 3.40. The fourth-order valence-electron chi connectivity index (χ4n) is 2.77. The zero-order chi connectivity index (χ0) is 20.9. The van der Waals surface area contributed by atoms with Crippen molar-refractivity contribution in [3.63, 3.8) is 0 Å². The molecule has 0 aliphatic rings. The Morgan fingerprint density at radius 2 is 2.00 bits per heavy atom. The van der Waals surface area contributed by atoms with E-state index >= 15 is 0 Å². The van der Waals surface area contributed by atoms with Gasteiger partial charge >= 0.3 is 0 Å². The van der Waals surface area contributed by atoms with Crippen LogP contribution in [0, 0.1) is 11.3 Å². The van der Waals surface area contributed by atoms with Gasteiger partial charge in [0.25, 0.3) is 5.91 Å². The van der Waals surface area contributed by atoms with Crippen LogP contribution >= 0.6 is 11.6 Å². The van der Waals surface area contributed by atoms with Gasteiger partial charge in [-0.15, -0.1) is 0 Å². The molecule has 4 rings (SSSR count). The number of ether oxygens (including phenoxy) is 1. The van der Waals surface area contributed by atoms with Crippen LogP contribution in [-0.4, -0.2) is 15.7 Å². The number of hydrogen-bond acceptors (Lipinski definition) is 5. The van der Waals surface area contributed by atoms with Crippen molar-refractivity contribution in [2.75, 3.05) is 5.32 Å². The van der Waals surface area contributed by atoms with Gasteiger partial charge in [0.15, 0.2) is 11.6 Å². The minimum Gasteiger partial charge on any atom is -0.486 e. The number of para-hydroxylation sites is 1. The molecule has 2 heterocycles. The van der Waals surface area contributed by atoms with Crippen molar-refractivity contribution in [3.05, 3.63) is 95.0 Å². The normalized spacial score (nSPS) is 10.4. The van der Waals surface area contributed by atoms with Crippen LogP contribution in [0.5, 0.6) is 5.75 Å². The molecule has 0 atom stereocenters. The summed E-state index contributed by atoms with van der Waals surface area (Å²) in [6.45, 7) is 0.138. The van der Waals surface area contributed by atoms with Crippen LogP contribution in [0.3, 0.4) is 0 Å². The van der Waals surface area contributed by atoms with E-state index < -0.39 is 5.91 Å². The Balaban J connectivity index is 1.49. The van der Waals surface area contributed by atoms with E-state index in [0.29, 0.717) is 22.2 Å². The van der Waals surface area contributed by atoms with E-state index in [2.05, 4.69) is 10.4 Å². The topological polar surface area (TPSA) is 93.1 Å². The molecule has 0 radical (unpaired) electrons. The predicted molar refractivity (Wildman–Crippen MR) is 111 cm³/mol. The van der Waals surface area contributed by atoms with Gasteiger partial charge in [-0.05, 0) is 42.5 Å². The number of nitriles is 1. The SMILES string of the molecule is N#Cc1cnn(-c2ccccc2)c1NC(=O)c1ccc(COc2cccc(Cl)c2)o1. The standard InChI is InChI=1S/C22H15ClN4O3/c23-16-5-4-8-18(11-16)29-14-19-9-10-20(30-19)22(28)26-21-15(12-24)13-25-27(21)17-6-2-1-3-7-17/h1-11,13H,14H2,(H,26,28). The molecule has 0 saturated carbocycles. The van der Waals surface area contributed by atoms with Gasteiger partial charge in [0.05, 0.1) is 11.9 Å². The molecule has 1 amide bonds. The summed E-state index contributed by atoms with van der Waals surface area (Å²) in [5.41, 5.74) is 0.952. The highest BCUT2D eigenvalue weighted by Gasteiger charge is 2.18. The van der Waals surface area contributed by atoms with Crippen molar-refractivity contribution in [1.29, 1.82) is 5.26 Å². The number of rotatable bonds is 6. The van der Waals surface area contributed by atoms with E-state index in [-0.39, 0.29) is 23.7 Å². The van der Waals surface area contributed by atoms with Gasteiger partial charge < -0.3 is 14.5 Å². The number of furan rings is 1. The minimum absolute atomic E-state index is 0.0874. The molecule has 0 spiro atoms. The summed E-state index contributed by atoms with van der Waals surface area (Å²) in [6, 6.07) is 21.4. The molecule has 0 bridgehead atoms. The number of halogens is 1. The molecule has 0 aliphatic carbocycles. The molecule has 1 N–H and O–H groups in total. The highest BCUT2D eigenvalue weighted by atomic mass is 35.5. The third kappa shape index (κ3) is 4.19. The number of amides is 1. The van der Waals surface area contributed by atoms with E-state index in [9.17, 15) is 10.1 Å². The Kier molecular flexibility index (Phi) is 5.50. The quantitative estimate of drug-likeness (QED) is 0.484. The van der Waals surface area contributed by atoms with Gasteiger partial charge in [-0.2, -0.15) is 10.4 Å². The number of aromatic nitrogens is 2. The van der Waals surface area contributed by atoms with E-state index in [0.717, 1.165) is 0 Å². The fraction of sp³-hybridized carbons (Fsp3) is 0.0455. The van der Waals surface area contributed by atoms with Crippen LogP contribution in [0.4, 0.5) is 5.82 Å². The first-order valence-electron chi connectivity index (χ1n) is 8.96. The largest absolute Gasteiger partial charge is 0.486 e. The third-order valence-corrected chi connectivity index (χ3v) is 4.42. The lowest BCUT2D eigenvalue weighted by atomic mass is 10.3. The second kappa shape index (κ2) is 8.55. The smallest absolute Gasteiger partial charge is 0.292 e. The van der Waals surface area contributed by atoms with Crippen LogP contribution in [0.25, 0.3) is 5.69 Å². The first kappa shape index (κ1) is 19.3. The van der Waals surface area contributed by atoms with Crippen molar-refractivity contribution in [1.82, 2.24) is 9.78 Å². The Morgan fingerprint density at radius 1 is 1.17 bits per heavy atom. The second-order valence-corrected chi connectivity index (χ2v) is 6.67. The van der Waals surface area contributed by atoms with E-state index in [1.165, 1.54) is 10.9 Å². The lowest BCUT2D eigenvalue weighted by molar-refractivity contribution is 0.0992. The third-order valence-electron chi connectivity index (χ3n) is 4.18. The number of nitrogens with zero attached hydrogens (tertiary/aromatic N) is 3. The van der Waals surface area contributed by atoms with Gasteiger partial charge in [0.2, 0.25) is 0 Å². The molecule has 7 nitrogen and oxygen atoms in total. The Morgan fingerprint density at radius 3 is 2.77 bits per heavy atom. The van der Waals surface area contributed by atoms with Crippen LogP contribution < -0.4 is 10.1 Å². The molecular weight excluding hydrogens is 404 g/mol. The number of carbonyl (C=O) groups is 1. The van der Waals surface area contributed by atoms with Gasteiger partial charge in [-0.1, -0.05) is 35.9 Å². The fourth-order valence-corrected chi connectivity index (χ4v) is 2.95. The van der Waals surface area contributed by atoms with Crippen LogP contribution in [0.15, 0.2) is 77.3 Å². The van der Waals surface area contributed by atoms with Crippen molar-refractivity contribution < 1.29 is 13.9 Å². The number of benzene rings is 2. The molecule has 4 aromatic rings. The minimum atomic E-state index is -0.502. The van der Waals surface area contributed by atoms with E-state index in [4.69, 9.17) is 20.8 Å². The van der Waals surface area contributed by atoms with E-state index in [1.54, 1.807) is 36.4 Å². The predicted octanol–water partition coefficient (Wildman–Crippen LogP) is 4.82. The molecule has 0 saturated heterocycles. The molecule has 30 heavy (non-hydrogen) atoms. The van der Waals surface area contributed by atoms with Crippen LogP contribution in [-0.2, 0) is 6.61 Å². The highest BCUT2D eigenvalue weighted by molar-refractivity contribution is 6.30. The molecule has 148 valence electrons. The van der Waals surface area contributed by atoms with Gasteiger partial charge in [0.1, 0.15) is 29.7 Å². The van der Waals surface area contributed by atoms with E-state index in [1.807, 2.05) is 36.4 Å².